The summed E-state index contributed by atoms with van der Waals surface area (Å²) in [6.45, 7) is 0. The molecule has 0 fully saturated rings. The molecular formula is C34H22. The van der Waals surface area contributed by atoms with Crippen LogP contribution in [0, 0.1) is 0 Å². The number of rotatable bonds is 2. The summed E-state index contributed by atoms with van der Waals surface area (Å²) in [5, 5.41) is 10.2. The molecule has 0 nitrogen and oxygen atoms in total. The molecule has 0 atom stereocenters. The van der Waals surface area contributed by atoms with Gasteiger partial charge in [0.1, 0.15) is 0 Å². The smallest absolute Gasteiger partial charge is 0.00988 e. The summed E-state index contributed by atoms with van der Waals surface area (Å²) in [7, 11) is 0. The van der Waals surface area contributed by atoms with Crippen molar-refractivity contribution in [1.82, 2.24) is 0 Å². The van der Waals surface area contributed by atoms with Crippen LogP contribution in [0.1, 0.15) is 0 Å². The molecule has 0 amide bonds. The molecule has 0 aliphatic rings. The molecule has 0 spiro atoms. The molecule has 158 valence electrons. The minimum absolute atomic E-state index is 1.25. The average Bonchev–Trinajstić information content (AvgIpc) is 2.90. The van der Waals surface area contributed by atoms with Gasteiger partial charge in [0.05, 0.1) is 0 Å². The van der Waals surface area contributed by atoms with E-state index in [4.69, 9.17) is 0 Å². The zero-order valence-electron chi connectivity index (χ0n) is 18.7. The van der Waals surface area contributed by atoms with Crippen molar-refractivity contribution in [2.45, 2.75) is 0 Å². The molecule has 0 aliphatic heterocycles. The molecule has 0 unspecified atom stereocenters. The van der Waals surface area contributed by atoms with Gasteiger partial charge in [0.25, 0.3) is 0 Å². The fourth-order valence-electron chi connectivity index (χ4n) is 5.28. The van der Waals surface area contributed by atoms with Crippen LogP contribution in [-0.2, 0) is 0 Å². The summed E-state index contributed by atoms with van der Waals surface area (Å²) < 4.78 is 0. The number of benzene rings is 7. The van der Waals surface area contributed by atoms with Crippen LogP contribution in [0.3, 0.4) is 0 Å². The molecule has 0 heterocycles. The summed E-state index contributed by atoms with van der Waals surface area (Å²) in [4.78, 5) is 0. The van der Waals surface area contributed by atoms with Gasteiger partial charge in [-0.05, 0) is 95.7 Å². The normalized spacial score (nSPS) is 11.5. The van der Waals surface area contributed by atoms with E-state index in [1.54, 1.807) is 0 Å². The van der Waals surface area contributed by atoms with Crippen molar-refractivity contribution in [2.24, 2.45) is 0 Å². The van der Waals surface area contributed by atoms with Crippen LogP contribution in [0.2, 0.25) is 0 Å². The van der Waals surface area contributed by atoms with Gasteiger partial charge in [-0.3, -0.25) is 0 Å². The Bertz CT molecular complexity index is 1860. The quantitative estimate of drug-likeness (QED) is 0.239. The van der Waals surface area contributed by atoms with Crippen molar-refractivity contribution in [2.75, 3.05) is 0 Å². The molecular weight excluding hydrogens is 408 g/mol. The van der Waals surface area contributed by atoms with Gasteiger partial charge in [0, 0.05) is 0 Å². The van der Waals surface area contributed by atoms with Crippen molar-refractivity contribution in [3.8, 4) is 22.3 Å². The molecule has 0 heteroatoms. The summed E-state index contributed by atoms with van der Waals surface area (Å²) in [6, 6.07) is 48.7. The van der Waals surface area contributed by atoms with Crippen molar-refractivity contribution in [3.63, 3.8) is 0 Å². The van der Waals surface area contributed by atoms with Crippen LogP contribution in [0.25, 0.3) is 65.3 Å². The molecule has 0 aromatic heterocycles. The van der Waals surface area contributed by atoms with Gasteiger partial charge < -0.3 is 0 Å². The number of fused-ring (bicyclic) bond motifs is 4. The van der Waals surface area contributed by atoms with E-state index in [-0.39, 0.29) is 0 Å². The fraction of sp³-hybridized carbons (Fsp3) is 0. The fourth-order valence-corrected chi connectivity index (χ4v) is 5.28. The third-order valence-electron chi connectivity index (χ3n) is 6.98. The van der Waals surface area contributed by atoms with Crippen molar-refractivity contribution in [3.05, 3.63) is 133 Å². The first-order chi connectivity index (χ1) is 16.8. The molecule has 7 rings (SSSR count). The maximum Gasteiger partial charge on any atom is -0.00988 e. The monoisotopic (exact) mass is 430 g/mol. The SMILES string of the molecule is c1ccc(-c2cccc3cc4ccccc4cc23)c(-c2ccc3cc4ccccc4cc3c2)c1. The zero-order valence-corrected chi connectivity index (χ0v) is 18.7. The highest BCUT2D eigenvalue weighted by Crippen LogP contribution is 2.38. The van der Waals surface area contributed by atoms with Crippen molar-refractivity contribution >= 4 is 43.1 Å². The molecule has 0 N–H and O–H groups in total. The Kier molecular flexibility index (Phi) is 4.25. The van der Waals surface area contributed by atoms with Gasteiger partial charge in [0.2, 0.25) is 0 Å². The Labute approximate surface area is 198 Å². The summed E-state index contributed by atoms with van der Waals surface area (Å²) in [6.07, 6.45) is 0. The molecule has 0 saturated carbocycles. The minimum Gasteiger partial charge on any atom is -0.0616 e. The second kappa shape index (κ2) is 7.57. The highest BCUT2D eigenvalue weighted by molar-refractivity contribution is 6.07. The molecule has 34 heavy (non-hydrogen) atoms. The third kappa shape index (κ3) is 3.08. The van der Waals surface area contributed by atoms with Gasteiger partial charge in [-0.2, -0.15) is 0 Å². The van der Waals surface area contributed by atoms with E-state index in [9.17, 15) is 0 Å². The van der Waals surface area contributed by atoms with Gasteiger partial charge in [-0.15, -0.1) is 0 Å². The Hall–Kier alpha value is -4.42. The Morgan fingerprint density at radius 1 is 0.265 bits per heavy atom. The Morgan fingerprint density at radius 3 is 1.50 bits per heavy atom. The maximum absolute atomic E-state index is 2.34. The van der Waals surface area contributed by atoms with E-state index in [0.717, 1.165) is 0 Å². The molecule has 7 aromatic rings. The molecule has 0 saturated heterocycles. The van der Waals surface area contributed by atoms with Gasteiger partial charge in [-0.1, -0.05) is 103 Å². The summed E-state index contributed by atoms with van der Waals surface area (Å²) in [5.74, 6) is 0. The van der Waals surface area contributed by atoms with E-state index in [0.29, 0.717) is 0 Å². The minimum atomic E-state index is 1.25. The average molecular weight is 431 g/mol. The van der Waals surface area contributed by atoms with E-state index in [1.165, 1.54) is 65.3 Å². The lowest BCUT2D eigenvalue weighted by Gasteiger charge is -2.14. The molecule has 0 aliphatic carbocycles. The van der Waals surface area contributed by atoms with Crippen LogP contribution < -0.4 is 0 Å². The number of hydrogen-bond acceptors (Lipinski definition) is 0. The highest BCUT2D eigenvalue weighted by atomic mass is 14.2. The lowest BCUT2D eigenvalue weighted by molar-refractivity contribution is 1.62. The van der Waals surface area contributed by atoms with Crippen LogP contribution >= 0.6 is 0 Å². The van der Waals surface area contributed by atoms with Crippen LogP contribution in [0.15, 0.2) is 133 Å². The van der Waals surface area contributed by atoms with Gasteiger partial charge in [-0.25, -0.2) is 0 Å². The molecule has 0 bridgehead atoms. The van der Waals surface area contributed by atoms with E-state index in [1.807, 2.05) is 0 Å². The third-order valence-corrected chi connectivity index (χ3v) is 6.98. The summed E-state index contributed by atoms with van der Waals surface area (Å²) in [5.41, 5.74) is 5.05. The largest absolute Gasteiger partial charge is 0.0616 e. The van der Waals surface area contributed by atoms with E-state index < -0.39 is 0 Å². The number of hydrogen-bond donors (Lipinski definition) is 0. The highest BCUT2D eigenvalue weighted by Gasteiger charge is 2.11. The standard InChI is InChI=1S/C34H22/c1-2-10-25-20-30-21-29(17-16-27(30)18-23(25)8-1)31-13-5-6-14-32(31)33-15-7-12-28-19-24-9-3-4-11-26(24)22-34(28)33/h1-22H. The van der Waals surface area contributed by atoms with Crippen LogP contribution in [0.4, 0.5) is 0 Å². The summed E-state index contributed by atoms with van der Waals surface area (Å²) >= 11 is 0. The first-order valence-corrected chi connectivity index (χ1v) is 11.8. The van der Waals surface area contributed by atoms with Crippen molar-refractivity contribution in [1.29, 1.82) is 0 Å². The second-order valence-corrected chi connectivity index (χ2v) is 9.03. The molecule has 7 aromatic carbocycles. The van der Waals surface area contributed by atoms with E-state index >= 15 is 0 Å². The Morgan fingerprint density at radius 2 is 0.765 bits per heavy atom. The predicted octanol–water partition coefficient (Wildman–Crippen LogP) is 9.63. The van der Waals surface area contributed by atoms with Crippen molar-refractivity contribution < 1.29 is 0 Å². The maximum atomic E-state index is 2.34. The second-order valence-electron chi connectivity index (χ2n) is 9.03. The lowest BCUT2D eigenvalue weighted by atomic mass is 9.89. The zero-order chi connectivity index (χ0) is 22.5. The molecule has 0 radical (unpaired) electrons. The van der Waals surface area contributed by atoms with Crippen LogP contribution in [0.5, 0.6) is 0 Å². The van der Waals surface area contributed by atoms with Gasteiger partial charge >= 0.3 is 0 Å². The topological polar surface area (TPSA) is 0 Å². The lowest BCUT2D eigenvalue weighted by Crippen LogP contribution is -1.88. The predicted molar refractivity (Wildman–Crippen MR) is 147 cm³/mol. The van der Waals surface area contributed by atoms with E-state index in [2.05, 4.69) is 133 Å². The first-order valence-electron chi connectivity index (χ1n) is 11.8. The Balaban J connectivity index is 1.45. The van der Waals surface area contributed by atoms with Gasteiger partial charge in [0.15, 0.2) is 0 Å². The first kappa shape index (κ1) is 19.1. The van der Waals surface area contributed by atoms with Crippen LogP contribution in [-0.4, -0.2) is 0 Å².